The Bertz CT molecular complexity index is 333. The maximum Gasteiger partial charge on any atom is 0.408 e. The Labute approximate surface area is 111 Å². The Hall–Kier alpha value is -0.910. The Morgan fingerprint density at radius 1 is 1.28 bits per heavy atom. The lowest BCUT2D eigenvalue weighted by Gasteiger charge is -2.24. The van der Waals surface area contributed by atoms with Crippen LogP contribution in [0.4, 0.5) is 4.79 Å². The third-order valence-electron chi connectivity index (χ3n) is 2.03. The lowest BCUT2D eigenvalue weighted by molar-refractivity contribution is -0.119. The van der Waals surface area contributed by atoms with E-state index in [1.54, 1.807) is 20.8 Å². The molecule has 0 fully saturated rings. The van der Waals surface area contributed by atoms with E-state index in [9.17, 15) is 13.8 Å². The molecule has 0 aromatic carbocycles. The average Bonchev–Trinajstić information content (AvgIpc) is 2.09. The molecule has 0 saturated carbocycles. The molecule has 0 radical (unpaired) electrons. The summed E-state index contributed by atoms with van der Waals surface area (Å²) in [5.74, 6) is -0.371. The Morgan fingerprint density at radius 3 is 2.11 bits per heavy atom. The van der Waals surface area contributed by atoms with E-state index >= 15 is 0 Å². The SMILES string of the molecule is CC(C)C(NC(=O)OC(C)(C)C)C(=O)CS(C)=O. The number of ether oxygens (including phenoxy) is 1. The van der Waals surface area contributed by atoms with Gasteiger partial charge in [0.2, 0.25) is 0 Å². The summed E-state index contributed by atoms with van der Waals surface area (Å²) in [5.41, 5.74) is -0.609. The number of hydrogen-bond donors (Lipinski definition) is 1. The van der Waals surface area contributed by atoms with Crippen molar-refractivity contribution in [3.05, 3.63) is 0 Å². The molecule has 106 valence electrons. The van der Waals surface area contributed by atoms with Crippen molar-refractivity contribution in [2.24, 2.45) is 5.92 Å². The molecule has 1 amide bonds. The van der Waals surface area contributed by atoms with E-state index in [1.807, 2.05) is 13.8 Å². The van der Waals surface area contributed by atoms with Gasteiger partial charge in [0.25, 0.3) is 0 Å². The van der Waals surface area contributed by atoms with Crippen molar-refractivity contribution in [2.45, 2.75) is 46.3 Å². The van der Waals surface area contributed by atoms with Crippen LogP contribution in [0.1, 0.15) is 34.6 Å². The van der Waals surface area contributed by atoms with E-state index in [-0.39, 0.29) is 17.5 Å². The van der Waals surface area contributed by atoms with E-state index in [0.29, 0.717) is 0 Å². The first-order valence-electron chi connectivity index (χ1n) is 5.85. The molecule has 0 rings (SSSR count). The van der Waals surface area contributed by atoms with Gasteiger partial charge in [-0.25, -0.2) is 4.79 Å². The van der Waals surface area contributed by atoms with Crippen LogP contribution >= 0.6 is 0 Å². The first-order valence-corrected chi connectivity index (χ1v) is 7.58. The number of carbonyl (C=O) groups is 2. The molecule has 0 aliphatic heterocycles. The number of Topliss-reactive ketones (excluding diaryl/α,β-unsaturated/α-hetero) is 1. The van der Waals surface area contributed by atoms with Crippen molar-refractivity contribution in [3.8, 4) is 0 Å². The van der Waals surface area contributed by atoms with E-state index < -0.39 is 28.5 Å². The average molecular weight is 277 g/mol. The molecule has 0 bridgehead atoms. The number of alkyl carbamates (subject to hydrolysis) is 1. The number of nitrogens with one attached hydrogen (secondary N) is 1. The van der Waals surface area contributed by atoms with E-state index in [2.05, 4.69) is 5.32 Å². The highest BCUT2D eigenvalue weighted by molar-refractivity contribution is 7.85. The van der Waals surface area contributed by atoms with Crippen molar-refractivity contribution in [1.29, 1.82) is 0 Å². The Morgan fingerprint density at radius 2 is 1.78 bits per heavy atom. The number of rotatable bonds is 5. The number of carbonyl (C=O) groups excluding carboxylic acids is 2. The Balaban J connectivity index is 4.59. The monoisotopic (exact) mass is 277 g/mol. The summed E-state index contributed by atoms with van der Waals surface area (Å²) in [5, 5.41) is 2.53. The molecule has 0 heterocycles. The van der Waals surface area contributed by atoms with Gasteiger partial charge in [-0.15, -0.1) is 0 Å². The molecular weight excluding hydrogens is 254 g/mol. The normalized spacial score (nSPS) is 15.1. The predicted molar refractivity (Wildman–Crippen MR) is 71.9 cm³/mol. The molecule has 2 atom stereocenters. The molecule has 0 aromatic heterocycles. The standard InChI is InChI=1S/C12H23NO4S/c1-8(2)10(9(14)7-18(6)16)13-11(15)17-12(3,4)5/h8,10H,7H2,1-6H3,(H,13,15). The largest absolute Gasteiger partial charge is 0.444 e. The molecule has 1 N–H and O–H groups in total. The molecule has 2 unspecified atom stereocenters. The van der Waals surface area contributed by atoms with Crippen LogP contribution in [0, 0.1) is 5.92 Å². The van der Waals surface area contributed by atoms with Crippen LogP contribution in [0.2, 0.25) is 0 Å². The van der Waals surface area contributed by atoms with Gasteiger partial charge in [0.1, 0.15) is 5.60 Å². The van der Waals surface area contributed by atoms with Gasteiger partial charge in [-0.05, 0) is 26.7 Å². The summed E-state index contributed by atoms with van der Waals surface area (Å²) >= 11 is 0. The summed E-state index contributed by atoms with van der Waals surface area (Å²) in [6.07, 6.45) is 0.833. The second kappa shape index (κ2) is 6.87. The van der Waals surface area contributed by atoms with E-state index in [4.69, 9.17) is 4.74 Å². The van der Waals surface area contributed by atoms with Crippen molar-refractivity contribution in [1.82, 2.24) is 5.32 Å². The first-order chi connectivity index (χ1) is 8.03. The van der Waals surface area contributed by atoms with Crippen LogP contribution in [0.15, 0.2) is 0 Å². The Kier molecular flexibility index (Phi) is 6.52. The zero-order valence-electron chi connectivity index (χ0n) is 11.9. The van der Waals surface area contributed by atoms with Gasteiger partial charge in [0, 0.05) is 17.1 Å². The summed E-state index contributed by atoms with van der Waals surface area (Å²) in [4.78, 5) is 23.4. The number of ketones is 1. The first kappa shape index (κ1) is 17.1. The third-order valence-corrected chi connectivity index (χ3v) is 2.72. The van der Waals surface area contributed by atoms with Gasteiger partial charge >= 0.3 is 6.09 Å². The number of amides is 1. The van der Waals surface area contributed by atoms with Crippen LogP contribution in [0.5, 0.6) is 0 Å². The number of hydrogen-bond acceptors (Lipinski definition) is 4. The fourth-order valence-electron chi connectivity index (χ4n) is 1.34. The molecule has 0 aliphatic carbocycles. The van der Waals surface area contributed by atoms with Gasteiger partial charge < -0.3 is 10.1 Å². The maximum absolute atomic E-state index is 11.8. The molecule has 0 spiro atoms. The highest BCUT2D eigenvalue weighted by atomic mass is 32.2. The van der Waals surface area contributed by atoms with Crippen molar-refractivity contribution < 1.29 is 18.5 Å². The van der Waals surface area contributed by atoms with Crippen molar-refractivity contribution in [2.75, 3.05) is 12.0 Å². The van der Waals surface area contributed by atoms with Crippen molar-refractivity contribution in [3.63, 3.8) is 0 Å². The van der Waals surface area contributed by atoms with E-state index in [0.717, 1.165) is 0 Å². The molecular formula is C12H23NO4S. The van der Waals surface area contributed by atoms with Crippen LogP contribution < -0.4 is 5.32 Å². The van der Waals surface area contributed by atoms with Gasteiger partial charge in [-0.1, -0.05) is 13.8 Å². The molecule has 0 aliphatic rings. The van der Waals surface area contributed by atoms with Gasteiger partial charge in [-0.2, -0.15) is 0 Å². The topological polar surface area (TPSA) is 72.5 Å². The molecule has 5 nitrogen and oxygen atoms in total. The molecule has 18 heavy (non-hydrogen) atoms. The van der Waals surface area contributed by atoms with Crippen LogP contribution in [-0.4, -0.2) is 39.7 Å². The quantitative estimate of drug-likeness (QED) is 0.826. The highest BCUT2D eigenvalue weighted by Crippen LogP contribution is 2.09. The fourth-order valence-corrected chi connectivity index (χ4v) is 1.92. The third kappa shape index (κ3) is 7.42. The predicted octanol–water partition coefficient (Wildman–Crippen LogP) is 1.48. The summed E-state index contributed by atoms with van der Waals surface area (Å²) in [6.45, 7) is 8.89. The minimum Gasteiger partial charge on any atom is -0.444 e. The van der Waals surface area contributed by atoms with Crippen LogP contribution in [0.25, 0.3) is 0 Å². The van der Waals surface area contributed by atoms with Gasteiger partial charge in [0.05, 0.1) is 11.8 Å². The molecule has 0 saturated heterocycles. The minimum absolute atomic E-state index is 0.0569. The van der Waals surface area contributed by atoms with E-state index in [1.165, 1.54) is 6.26 Å². The smallest absolute Gasteiger partial charge is 0.408 e. The lowest BCUT2D eigenvalue weighted by atomic mass is 10.0. The van der Waals surface area contributed by atoms with Gasteiger partial charge in [-0.3, -0.25) is 9.00 Å². The zero-order chi connectivity index (χ0) is 14.5. The van der Waals surface area contributed by atoms with Crippen molar-refractivity contribution >= 4 is 22.7 Å². The fraction of sp³-hybridized carbons (Fsp3) is 0.833. The maximum atomic E-state index is 11.8. The van der Waals surface area contributed by atoms with Crippen LogP contribution in [0.3, 0.4) is 0 Å². The minimum atomic E-state index is -1.21. The molecule has 6 heteroatoms. The molecule has 0 aromatic rings. The zero-order valence-corrected chi connectivity index (χ0v) is 12.7. The second-order valence-electron chi connectivity index (χ2n) is 5.55. The summed E-state index contributed by atoms with van der Waals surface area (Å²) in [7, 11) is -1.21. The van der Waals surface area contributed by atoms with Crippen LogP contribution in [-0.2, 0) is 20.3 Å². The summed E-state index contributed by atoms with van der Waals surface area (Å²) < 4.78 is 16.1. The summed E-state index contributed by atoms with van der Waals surface area (Å²) in [6, 6.07) is -0.663. The lowest BCUT2D eigenvalue weighted by Crippen LogP contribution is -2.47. The second-order valence-corrected chi connectivity index (χ2v) is 6.99. The highest BCUT2D eigenvalue weighted by Gasteiger charge is 2.27. The van der Waals surface area contributed by atoms with Gasteiger partial charge in [0.15, 0.2) is 5.78 Å².